The van der Waals surface area contributed by atoms with Gasteiger partial charge < -0.3 is 10.6 Å². The van der Waals surface area contributed by atoms with E-state index in [0.717, 1.165) is 0 Å². The number of nitrogens with one attached hydrogen (secondary N) is 3. The number of carbonyl (C=O) groups is 2. The van der Waals surface area contributed by atoms with Crippen molar-refractivity contribution in [2.24, 2.45) is 0 Å². The lowest BCUT2D eigenvalue weighted by atomic mass is 10.2. The molecule has 2 rings (SSSR count). The van der Waals surface area contributed by atoms with Gasteiger partial charge in [-0.05, 0) is 44.5 Å². The smallest absolute Gasteiger partial charge is 0.246 e. The molecule has 0 spiro atoms. The highest BCUT2D eigenvalue weighted by Crippen LogP contribution is 2.16. The summed E-state index contributed by atoms with van der Waals surface area (Å²) in [4.78, 5) is 23.2. The molecule has 1 atom stereocenters. The van der Waals surface area contributed by atoms with Crippen LogP contribution in [0.5, 0.6) is 0 Å². The maximum Gasteiger partial charge on any atom is 0.246 e. The van der Waals surface area contributed by atoms with Crippen LogP contribution in [0.2, 0.25) is 0 Å². The van der Waals surface area contributed by atoms with Crippen LogP contribution in [0.4, 0.5) is 5.69 Å². The number of anilines is 1. The molecule has 1 aromatic carbocycles. The van der Waals surface area contributed by atoms with Crippen LogP contribution in [0, 0.1) is 0 Å². The molecule has 0 aromatic heterocycles. The van der Waals surface area contributed by atoms with Crippen molar-refractivity contribution < 1.29 is 18.0 Å². The third kappa shape index (κ3) is 4.05. The second kappa shape index (κ2) is 6.45. The van der Waals surface area contributed by atoms with Gasteiger partial charge >= 0.3 is 0 Å². The van der Waals surface area contributed by atoms with Gasteiger partial charge in [0.1, 0.15) is 6.04 Å². The summed E-state index contributed by atoms with van der Waals surface area (Å²) in [6, 6.07) is 5.16. The summed E-state index contributed by atoms with van der Waals surface area (Å²) in [7, 11) is -3.55. The molecule has 1 aromatic rings. The number of rotatable bonds is 5. The van der Waals surface area contributed by atoms with E-state index in [1.807, 2.05) is 0 Å². The molecule has 1 fully saturated rings. The van der Waals surface area contributed by atoms with Gasteiger partial charge in [-0.2, -0.15) is 0 Å². The Morgan fingerprint density at radius 3 is 2.41 bits per heavy atom. The quantitative estimate of drug-likeness (QED) is 0.737. The van der Waals surface area contributed by atoms with Gasteiger partial charge in [-0.15, -0.1) is 0 Å². The standard InChI is InChI=1S/C14H19N3O4S/c1-9(2)17-22(20,21)11-5-3-10(4-6-11)15-14(19)12-7-8-13(18)16-12/h3-6,9,12,17H,7-8H2,1-2H3,(H,15,19)(H,16,18)/t12-/m0/s1. The molecule has 0 bridgehead atoms. The van der Waals surface area contributed by atoms with Crippen molar-refractivity contribution in [1.82, 2.24) is 10.0 Å². The molecule has 0 saturated carbocycles. The van der Waals surface area contributed by atoms with Crippen LogP contribution in [0.15, 0.2) is 29.2 Å². The SMILES string of the molecule is CC(C)NS(=O)(=O)c1ccc(NC(=O)[C@@H]2CCC(=O)N2)cc1. The number of carbonyl (C=O) groups excluding carboxylic acids is 2. The van der Waals surface area contributed by atoms with Gasteiger partial charge in [0.25, 0.3) is 0 Å². The van der Waals surface area contributed by atoms with Gasteiger partial charge in [-0.3, -0.25) is 9.59 Å². The lowest BCUT2D eigenvalue weighted by Gasteiger charge is -2.12. The molecule has 8 heteroatoms. The number of hydrogen-bond donors (Lipinski definition) is 3. The Balaban J connectivity index is 2.03. The predicted molar refractivity (Wildman–Crippen MR) is 81.7 cm³/mol. The summed E-state index contributed by atoms with van der Waals surface area (Å²) in [5.41, 5.74) is 0.481. The lowest BCUT2D eigenvalue weighted by Crippen LogP contribution is -2.37. The van der Waals surface area contributed by atoms with Gasteiger partial charge in [0.05, 0.1) is 4.90 Å². The van der Waals surface area contributed by atoms with E-state index < -0.39 is 16.1 Å². The molecule has 1 saturated heterocycles. The molecule has 120 valence electrons. The van der Waals surface area contributed by atoms with Crippen molar-refractivity contribution in [3.63, 3.8) is 0 Å². The Kier molecular flexibility index (Phi) is 4.82. The minimum atomic E-state index is -3.55. The maximum absolute atomic E-state index is 12.0. The molecule has 2 amide bonds. The zero-order chi connectivity index (χ0) is 16.3. The molecule has 1 heterocycles. The minimum Gasteiger partial charge on any atom is -0.344 e. The fourth-order valence-electron chi connectivity index (χ4n) is 2.14. The van der Waals surface area contributed by atoms with Crippen LogP contribution in [0.3, 0.4) is 0 Å². The van der Waals surface area contributed by atoms with E-state index in [1.165, 1.54) is 24.3 Å². The van der Waals surface area contributed by atoms with Gasteiger partial charge in [0, 0.05) is 18.2 Å². The average Bonchev–Trinajstić information content (AvgIpc) is 2.85. The Hall–Kier alpha value is -1.93. The molecular formula is C14H19N3O4S. The first-order valence-electron chi connectivity index (χ1n) is 7.00. The largest absolute Gasteiger partial charge is 0.344 e. The van der Waals surface area contributed by atoms with Crippen molar-refractivity contribution >= 4 is 27.5 Å². The van der Waals surface area contributed by atoms with Crippen LogP contribution >= 0.6 is 0 Å². The van der Waals surface area contributed by atoms with Crippen LogP contribution < -0.4 is 15.4 Å². The van der Waals surface area contributed by atoms with Crippen molar-refractivity contribution in [3.8, 4) is 0 Å². The molecule has 0 aliphatic carbocycles. The fraction of sp³-hybridized carbons (Fsp3) is 0.429. The predicted octanol–water partition coefficient (Wildman–Crippen LogP) is 0.590. The van der Waals surface area contributed by atoms with Crippen molar-refractivity contribution in [3.05, 3.63) is 24.3 Å². The molecular weight excluding hydrogens is 306 g/mol. The van der Waals surface area contributed by atoms with Crippen molar-refractivity contribution in [1.29, 1.82) is 0 Å². The van der Waals surface area contributed by atoms with E-state index in [0.29, 0.717) is 18.5 Å². The summed E-state index contributed by atoms with van der Waals surface area (Å²) in [5.74, 6) is -0.442. The lowest BCUT2D eigenvalue weighted by molar-refractivity contribution is -0.122. The Morgan fingerprint density at radius 1 is 1.27 bits per heavy atom. The first kappa shape index (κ1) is 16.4. The number of amides is 2. The van der Waals surface area contributed by atoms with E-state index in [4.69, 9.17) is 0 Å². The van der Waals surface area contributed by atoms with Crippen LogP contribution in [-0.2, 0) is 19.6 Å². The van der Waals surface area contributed by atoms with E-state index in [9.17, 15) is 18.0 Å². The van der Waals surface area contributed by atoms with E-state index in [-0.39, 0.29) is 22.8 Å². The summed E-state index contributed by atoms with van der Waals surface area (Å²) in [5, 5.41) is 5.23. The van der Waals surface area contributed by atoms with Crippen LogP contribution in [0.25, 0.3) is 0 Å². The van der Waals surface area contributed by atoms with Crippen LogP contribution in [0.1, 0.15) is 26.7 Å². The van der Waals surface area contributed by atoms with Gasteiger partial charge in [-0.1, -0.05) is 0 Å². The molecule has 22 heavy (non-hydrogen) atoms. The summed E-state index contributed by atoms with van der Waals surface area (Å²) in [6.45, 7) is 3.48. The Bertz CT molecular complexity index is 668. The molecule has 3 N–H and O–H groups in total. The van der Waals surface area contributed by atoms with Crippen molar-refractivity contribution in [2.45, 2.75) is 43.7 Å². The molecule has 0 radical (unpaired) electrons. The highest BCUT2D eigenvalue weighted by molar-refractivity contribution is 7.89. The summed E-state index contributed by atoms with van der Waals surface area (Å²) in [6.07, 6.45) is 0.811. The molecule has 7 nitrogen and oxygen atoms in total. The van der Waals surface area contributed by atoms with Crippen molar-refractivity contribution in [2.75, 3.05) is 5.32 Å². The summed E-state index contributed by atoms with van der Waals surface area (Å²) >= 11 is 0. The Morgan fingerprint density at radius 2 is 1.91 bits per heavy atom. The zero-order valence-electron chi connectivity index (χ0n) is 12.4. The van der Waals surface area contributed by atoms with E-state index >= 15 is 0 Å². The molecule has 1 aliphatic rings. The Labute approximate surface area is 129 Å². The highest BCUT2D eigenvalue weighted by atomic mass is 32.2. The second-order valence-electron chi connectivity index (χ2n) is 5.45. The molecule has 1 aliphatic heterocycles. The fourth-order valence-corrected chi connectivity index (χ4v) is 3.39. The third-order valence-electron chi connectivity index (χ3n) is 3.13. The third-order valence-corrected chi connectivity index (χ3v) is 4.81. The minimum absolute atomic E-state index is 0.133. The van der Waals surface area contributed by atoms with Gasteiger partial charge in [-0.25, -0.2) is 13.1 Å². The second-order valence-corrected chi connectivity index (χ2v) is 7.16. The van der Waals surface area contributed by atoms with Crippen LogP contribution in [-0.4, -0.2) is 32.3 Å². The van der Waals surface area contributed by atoms with E-state index in [2.05, 4.69) is 15.4 Å². The normalized spacial score (nSPS) is 18.3. The number of sulfonamides is 1. The topological polar surface area (TPSA) is 104 Å². The first-order chi connectivity index (χ1) is 10.3. The first-order valence-corrected chi connectivity index (χ1v) is 8.49. The molecule has 0 unspecified atom stereocenters. The van der Waals surface area contributed by atoms with E-state index in [1.54, 1.807) is 13.8 Å². The number of hydrogen-bond acceptors (Lipinski definition) is 4. The number of benzene rings is 1. The zero-order valence-corrected chi connectivity index (χ0v) is 13.2. The monoisotopic (exact) mass is 325 g/mol. The van der Waals surface area contributed by atoms with Gasteiger partial charge in [0.2, 0.25) is 21.8 Å². The van der Waals surface area contributed by atoms with Gasteiger partial charge in [0.15, 0.2) is 0 Å². The average molecular weight is 325 g/mol. The highest BCUT2D eigenvalue weighted by Gasteiger charge is 2.27. The maximum atomic E-state index is 12.0. The summed E-state index contributed by atoms with van der Waals surface area (Å²) < 4.78 is 26.4.